The van der Waals surface area contributed by atoms with Crippen molar-refractivity contribution < 1.29 is 19.2 Å². The number of allylic oxidation sites excluding steroid dienone is 1. The minimum Gasteiger partial charge on any atom is -0.477 e. The molecule has 10 heteroatoms. The van der Waals surface area contributed by atoms with Gasteiger partial charge >= 0.3 is 5.97 Å². The minimum atomic E-state index is -1.10. The number of rotatable bonds is 10. The average Bonchev–Trinajstić information content (AvgIpc) is 3.70. The fourth-order valence-electron chi connectivity index (χ4n) is 4.87. The molecule has 3 N–H and O–H groups in total. The van der Waals surface area contributed by atoms with Crippen molar-refractivity contribution in [1.29, 1.82) is 5.41 Å². The van der Waals surface area contributed by atoms with Crippen LogP contribution in [-0.2, 0) is 16.1 Å². The summed E-state index contributed by atoms with van der Waals surface area (Å²) in [6.45, 7) is 1.99. The van der Waals surface area contributed by atoms with Crippen molar-refractivity contribution >= 4 is 40.6 Å². The van der Waals surface area contributed by atoms with Gasteiger partial charge in [-0.05, 0) is 56.0 Å². The maximum absolute atomic E-state index is 11.3. The third-order valence-electron chi connectivity index (χ3n) is 7.18. The molecule has 1 aromatic heterocycles. The number of aliphatic carboxylic acids is 1. The zero-order chi connectivity index (χ0) is 27.5. The topological polar surface area (TPSA) is 112 Å². The lowest BCUT2D eigenvalue weighted by Crippen LogP contribution is -2.37. The molecule has 0 amide bonds. The van der Waals surface area contributed by atoms with E-state index in [0.29, 0.717) is 39.4 Å². The Hall–Kier alpha value is -3.33. The van der Waals surface area contributed by atoms with Crippen molar-refractivity contribution in [2.75, 3.05) is 25.0 Å². The Bertz CT molecular complexity index is 1390. The van der Waals surface area contributed by atoms with E-state index in [1.54, 1.807) is 12.1 Å². The Morgan fingerprint density at radius 1 is 1.18 bits per heavy atom. The minimum absolute atomic E-state index is 0.0269. The van der Waals surface area contributed by atoms with E-state index in [1.807, 2.05) is 30.3 Å². The SMILES string of the molecule is CN/C(=C\C(=N)c1cccc(N2CCC(OCc3c(-c4c(Cl)cccc4Cl)noc3C3CC3)CC2)c1)C(=O)O. The predicted molar refractivity (Wildman–Crippen MR) is 152 cm³/mol. The van der Waals surface area contributed by atoms with Crippen LogP contribution in [0.25, 0.3) is 11.3 Å². The van der Waals surface area contributed by atoms with Crippen molar-refractivity contribution in [3.8, 4) is 11.3 Å². The summed E-state index contributed by atoms with van der Waals surface area (Å²) in [6.07, 6.45) is 5.25. The molecule has 2 heterocycles. The molecule has 0 spiro atoms. The number of halogens is 2. The van der Waals surface area contributed by atoms with Crippen LogP contribution >= 0.6 is 23.2 Å². The first-order valence-corrected chi connectivity index (χ1v) is 13.7. The van der Waals surface area contributed by atoms with Crippen molar-refractivity contribution in [1.82, 2.24) is 10.5 Å². The summed E-state index contributed by atoms with van der Waals surface area (Å²) in [7, 11) is 1.53. The lowest BCUT2D eigenvalue weighted by atomic mass is 10.0. The second-order valence-electron chi connectivity index (χ2n) is 9.82. The van der Waals surface area contributed by atoms with Gasteiger partial charge < -0.3 is 30.0 Å². The van der Waals surface area contributed by atoms with Crippen molar-refractivity contribution in [2.45, 2.75) is 44.3 Å². The van der Waals surface area contributed by atoms with Crippen LogP contribution in [0.2, 0.25) is 10.0 Å². The third-order valence-corrected chi connectivity index (χ3v) is 7.81. The number of carboxylic acids is 1. The van der Waals surface area contributed by atoms with Gasteiger partial charge in [0, 0.05) is 48.4 Å². The molecule has 39 heavy (non-hydrogen) atoms. The highest BCUT2D eigenvalue weighted by Crippen LogP contribution is 2.46. The molecule has 1 saturated heterocycles. The van der Waals surface area contributed by atoms with Crippen LogP contribution in [0.4, 0.5) is 5.69 Å². The zero-order valence-corrected chi connectivity index (χ0v) is 23.1. The van der Waals surface area contributed by atoms with Crippen LogP contribution in [-0.4, -0.2) is 48.2 Å². The summed E-state index contributed by atoms with van der Waals surface area (Å²) in [4.78, 5) is 13.5. The number of nitrogens with zero attached hydrogens (tertiary/aromatic N) is 2. The lowest BCUT2D eigenvalue weighted by molar-refractivity contribution is -0.133. The first-order valence-electron chi connectivity index (χ1n) is 13.0. The highest BCUT2D eigenvalue weighted by molar-refractivity contribution is 6.39. The van der Waals surface area contributed by atoms with Gasteiger partial charge in [-0.3, -0.25) is 0 Å². The van der Waals surface area contributed by atoms with Crippen LogP contribution in [0.15, 0.2) is 58.8 Å². The van der Waals surface area contributed by atoms with Crippen LogP contribution in [0.5, 0.6) is 0 Å². The molecule has 8 nitrogen and oxygen atoms in total. The standard InChI is InChI=1S/C29H30Cl2N4O4/c1-33-25(29(36)37)15-24(32)18-4-2-5-19(14-18)35-12-10-20(11-13-35)38-16-21-27(34-39-28(21)17-8-9-17)26-22(30)6-3-7-23(26)31/h2-7,14-15,17,20,32-33H,8-13,16H2,1H3,(H,36,37)/b25-15-,32-24?. The number of nitrogens with one attached hydrogen (secondary N) is 2. The summed E-state index contributed by atoms with van der Waals surface area (Å²) in [5.41, 5.74) is 4.02. The number of anilines is 1. The normalized spacial score (nSPS) is 16.4. The average molecular weight is 569 g/mol. The van der Waals surface area contributed by atoms with Crippen LogP contribution < -0.4 is 10.2 Å². The fraction of sp³-hybridized carbons (Fsp3) is 0.345. The number of hydrogen-bond donors (Lipinski definition) is 3. The number of aromatic nitrogens is 1. The summed E-state index contributed by atoms with van der Waals surface area (Å²) >= 11 is 13.0. The lowest BCUT2D eigenvalue weighted by Gasteiger charge is -2.33. The van der Waals surface area contributed by atoms with E-state index < -0.39 is 5.97 Å². The molecule has 0 atom stereocenters. The van der Waals surface area contributed by atoms with Gasteiger partial charge in [0.25, 0.3) is 0 Å². The molecular weight excluding hydrogens is 539 g/mol. The highest BCUT2D eigenvalue weighted by Gasteiger charge is 2.34. The van der Waals surface area contributed by atoms with E-state index in [0.717, 1.165) is 55.8 Å². The number of benzene rings is 2. The second-order valence-corrected chi connectivity index (χ2v) is 10.6. The zero-order valence-electron chi connectivity index (χ0n) is 21.5. The van der Waals surface area contributed by atoms with Gasteiger partial charge in [-0.2, -0.15) is 0 Å². The molecule has 0 unspecified atom stereocenters. The second kappa shape index (κ2) is 11.8. The van der Waals surface area contributed by atoms with Gasteiger partial charge in [0.05, 0.1) is 28.5 Å². The number of piperidine rings is 1. The number of carboxylic acid groups (broad SMARTS) is 1. The van der Waals surface area contributed by atoms with E-state index in [9.17, 15) is 9.90 Å². The molecule has 0 radical (unpaired) electrons. The van der Waals surface area contributed by atoms with Crippen molar-refractivity contribution in [2.24, 2.45) is 0 Å². The molecule has 1 aliphatic carbocycles. The van der Waals surface area contributed by atoms with Crippen molar-refractivity contribution in [3.05, 3.63) is 81.2 Å². The molecule has 3 aromatic rings. The van der Waals surface area contributed by atoms with Gasteiger partial charge in [0.1, 0.15) is 17.2 Å². The Morgan fingerprint density at radius 2 is 1.87 bits per heavy atom. The van der Waals surface area contributed by atoms with Gasteiger partial charge in [0.2, 0.25) is 0 Å². The molecular formula is C29H30Cl2N4O4. The maximum atomic E-state index is 11.3. The van der Waals surface area contributed by atoms with E-state index in [2.05, 4.69) is 15.4 Å². The molecule has 2 aliphatic rings. The summed E-state index contributed by atoms with van der Waals surface area (Å²) in [6, 6.07) is 13.0. The predicted octanol–water partition coefficient (Wildman–Crippen LogP) is 6.27. The number of carbonyl (C=O) groups is 1. The Morgan fingerprint density at radius 3 is 2.51 bits per heavy atom. The highest BCUT2D eigenvalue weighted by atomic mass is 35.5. The van der Waals surface area contributed by atoms with Crippen LogP contribution in [0.3, 0.4) is 0 Å². The van der Waals surface area contributed by atoms with E-state index >= 15 is 0 Å². The third kappa shape index (κ3) is 6.13. The number of hydrogen-bond acceptors (Lipinski definition) is 7. The number of likely N-dealkylation sites (N-methyl/N-ethyl adjacent to an activating group) is 1. The number of ether oxygens (including phenoxy) is 1. The maximum Gasteiger partial charge on any atom is 0.352 e. The Labute approximate surface area is 237 Å². The Kier molecular flexibility index (Phi) is 8.26. The fourth-order valence-corrected chi connectivity index (χ4v) is 5.45. The van der Waals surface area contributed by atoms with Gasteiger partial charge in [-0.25, -0.2) is 4.79 Å². The Balaban J connectivity index is 1.24. The molecule has 1 aliphatic heterocycles. The van der Waals surface area contributed by atoms with Gasteiger partial charge in [-0.1, -0.05) is 46.6 Å². The molecule has 1 saturated carbocycles. The first kappa shape index (κ1) is 27.2. The largest absolute Gasteiger partial charge is 0.477 e. The van der Waals surface area contributed by atoms with E-state index in [4.69, 9.17) is 37.9 Å². The first-order chi connectivity index (χ1) is 18.9. The van der Waals surface area contributed by atoms with Crippen molar-refractivity contribution in [3.63, 3.8) is 0 Å². The van der Waals surface area contributed by atoms with Crippen LogP contribution in [0.1, 0.15) is 48.5 Å². The van der Waals surface area contributed by atoms with Crippen LogP contribution in [0, 0.1) is 5.41 Å². The molecule has 204 valence electrons. The van der Waals surface area contributed by atoms with Gasteiger partial charge in [0.15, 0.2) is 0 Å². The summed E-state index contributed by atoms with van der Waals surface area (Å²) < 4.78 is 12.2. The molecule has 2 aromatic carbocycles. The monoisotopic (exact) mass is 568 g/mol. The van der Waals surface area contributed by atoms with E-state index in [1.165, 1.54) is 13.1 Å². The smallest absolute Gasteiger partial charge is 0.352 e. The summed E-state index contributed by atoms with van der Waals surface area (Å²) in [5, 5.41) is 25.6. The molecule has 0 bridgehead atoms. The van der Waals surface area contributed by atoms with E-state index in [-0.39, 0.29) is 17.5 Å². The molecule has 5 rings (SSSR count). The molecule has 2 fully saturated rings. The summed E-state index contributed by atoms with van der Waals surface area (Å²) in [5.74, 6) is 0.141. The quantitative estimate of drug-likeness (QED) is 0.195. The van der Waals surface area contributed by atoms with Gasteiger partial charge in [-0.15, -0.1) is 0 Å².